The molecule has 2 aliphatic rings. The maximum Gasteiger partial charge on any atom is 0.275 e. The molecule has 144 valence electrons. The number of aromatic nitrogens is 2. The predicted octanol–water partition coefficient (Wildman–Crippen LogP) is 3.85. The summed E-state index contributed by atoms with van der Waals surface area (Å²) < 4.78 is 1.49. The summed E-state index contributed by atoms with van der Waals surface area (Å²) in [5, 5.41) is 5.84. The van der Waals surface area contributed by atoms with E-state index in [0.29, 0.717) is 35.0 Å². The Bertz CT molecular complexity index is 900. The third-order valence-electron chi connectivity index (χ3n) is 6.11. The van der Waals surface area contributed by atoms with Gasteiger partial charge in [-0.25, -0.2) is 4.68 Å². The van der Waals surface area contributed by atoms with Crippen LogP contribution in [0.1, 0.15) is 62.9 Å². The Labute approximate surface area is 160 Å². The van der Waals surface area contributed by atoms with E-state index in [1.165, 1.54) is 30.4 Å². The molecule has 0 N–H and O–H groups in total. The summed E-state index contributed by atoms with van der Waals surface area (Å²) in [6.07, 6.45) is 7.11. The summed E-state index contributed by atoms with van der Waals surface area (Å²) in [4.78, 5) is 28.4. The minimum absolute atomic E-state index is 0.000283. The second-order valence-corrected chi connectivity index (χ2v) is 8.53. The Kier molecular flexibility index (Phi) is 5.02. The average molecular weight is 367 g/mol. The fourth-order valence-electron chi connectivity index (χ4n) is 4.88. The van der Waals surface area contributed by atoms with Gasteiger partial charge >= 0.3 is 0 Å². The minimum Gasteiger partial charge on any atom is -0.334 e. The second-order valence-electron chi connectivity index (χ2n) is 8.53. The van der Waals surface area contributed by atoms with Gasteiger partial charge in [-0.15, -0.1) is 0 Å². The number of rotatable bonds is 3. The third-order valence-corrected chi connectivity index (χ3v) is 6.11. The first-order valence-corrected chi connectivity index (χ1v) is 10.4. The molecule has 1 aliphatic carbocycles. The van der Waals surface area contributed by atoms with E-state index < -0.39 is 0 Å². The molecule has 0 radical (unpaired) electrons. The highest BCUT2D eigenvalue weighted by atomic mass is 16.2. The summed E-state index contributed by atoms with van der Waals surface area (Å²) in [5.74, 6) is 0.918. The van der Waals surface area contributed by atoms with Gasteiger partial charge < -0.3 is 4.90 Å². The topological polar surface area (TPSA) is 55.2 Å². The van der Waals surface area contributed by atoms with Crippen molar-refractivity contribution in [3.63, 3.8) is 0 Å². The Hall–Kier alpha value is -2.17. The summed E-state index contributed by atoms with van der Waals surface area (Å²) in [5.41, 5.74) is 0.335. The molecule has 0 spiro atoms. The molecule has 1 amide bonds. The van der Waals surface area contributed by atoms with Gasteiger partial charge in [-0.2, -0.15) is 5.10 Å². The Morgan fingerprint density at radius 1 is 1.11 bits per heavy atom. The first-order valence-electron chi connectivity index (χ1n) is 10.4. The number of nitrogens with zero attached hydrogens (tertiary/aromatic N) is 3. The number of likely N-dealkylation sites (tertiary alicyclic amines) is 1. The van der Waals surface area contributed by atoms with E-state index in [-0.39, 0.29) is 17.4 Å². The molecule has 5 nitrogen and oxygen atoms in total. The van der Waals surface area contributed by atoms with E-state index in [1.54, 1.807) is 0 Å². The molecule has 2 fully saturated rings. The van der Waals surface area contributed by atoms with Gasteiger partial charge in [-0.05, 0) is 43.6 Å². The Morgan fingerprint density at radius 3 is 2.59 bits per heavy atom. The molecule has 1 aliphatic heterocycles. The maximum atomic E-state index is 13.6. The van der Waals surface area contributed by atoms with Crippen LogP contribution in [0.25, 0.3) is 10.8 Å². The van der Waals surface area contributed by atoms with Gasteiger partial charge in [0.25, 0.3) is 11.5 Å². The monoisotopic (exact) mass is 367 g/mol. The van der Waals surface area contributed by atoms with E-state index in [9.17, 15) is 9.59 Å². The van der Waals surface area contributed by atoms with Crippen molar-refractivity contribution in [1.82, 2.24) is 14.7 Å². The van der Waals surface area contributed by atoms with Crippen LogP contribution in [0.3, 0.4) is 0 Å². The van der Waals surface area contributed by atoms with Crippen LogP contribution in [0, 0.1) is 11.8 Å². The van der Waals surface area contributed by atoms with Gasteiger partial charge in [0.2, 0.25) is 0 Å². The van der Waals surface area contributed by atoms with Crippen molar-refractivity contribution in [2.75, 3.05) is 6.54 Å². The lowest BCUT2D eigenvalue weighted by molar-refractivity contribution is 0.0385. The van der Waals surface area contributed by atoms with Crippen molar-refractivity contribution >= 4 is 16.7 Å². The normalized spacial score (nSPS) is 22.9. The average Bonchev–Trinajstić information content (AvgIpc) is 2.69. The molecule has 1 saturated heterocycles. The minimum atomic E-state index is -0.106. The van der Waals surface area contributed by atoms with Crippen LogP contribution in [0.4, 0.5) is 0 Å². The summed E-state index contributed by atoms with van der Waals surface area (Å²) in [7, 11) is 0. The molecule has 0 bridgehead atoms. The van der Waals surface area contributed by atoms with Crippen LogP contribution >= 0.6 is 0 Å². The van der Waals surface area contributed by atoms with Crippen molar-refractivity contribution in [3.8, 4) is 0 Å². The van der Waals surface area contributed by atoms with Crippen molar-refractivity contribution in [2.24, 2.45) is 11.8 Å². The van der Waals surface area contributed by atoms with Crippen molar-refractivity contribution in [2.45, 2.75) is 65.0 Å². The third kappa shape index (κ3) is 3.40. The fraction of sp³-hybridized carbons (Fsp3) is 0.591. The number of hydrogen-bond acceptors (Lipinski definition) is 3. The first-order chi connectivity index (χ1) is 13.1. The second kappa shape index (κ2) is 7.45. The molecule has 2 aromatic rings. The lowest BCUT2D eigenvalue weighted by Crippen LogP contribution is -2.50. The zero-order valence-electron chi connectivity index (χ0n) is 16.4. The molecule has 1 saturated carbocycles. The number of fused-ring (bicyclic) bond motifs is 2. The van der Waals surface area contributed by atoms with Crippen molar-refractivity contribution < 1.29 is 4.79 Å². The quantitative estimate of drug-likeness (QED) is 0.828. The van der Waals surface area contributed by atoms with Crippen LogP contribution in [0.15, 0.2) is 29.1 Å². The molecule has 27 heavy (non-hydrogen) atoms. The van der Waals surface area contributed by atoms with Gasteiger partial charge in [-0.3, -0.25) is 9.59 Å². The summed E-state index contributed by atoms with van der Waals surface area (Å²) in [6, 6.07) is 7.75. The molecule has 2 atom stereocenters. The predicted molar refractivity (Wildman–Crippen MR) is 107 cm³/mol. The lowest BCUT2D eigenvalue weighted by Gasteiger charge is -2.44. The number of carbonyl (C=O) groups is 1. The lowest BCUT2D eigenvalue weighted by atomic mass is 9.78. The van der Waals surface area contributed by atoms with Gasteiger partial charge in [0.15, 0.2) is 5.69 Å². The molecule has 5 heteroatoms. The number of benzene rings is 1. The zero-order chi connectivity index (χ0) is 19.0. The van der Waals surface area contributed by atoms with Crippen molar-refractivity contribution in [1.29, 1.82) is 0 Å². The first kappa shape index (κ1) is 18.2. The molecular formula is C22H29N3O2. The zero-order valence-corrected chi connectivity index (χ0v) is 16.4. The van der Waals surface area contributed by atoms with Gasteiger partial charge in [-0.1, -0.05) is 44.9 Å². The van der Waals surface area contributed by atoms with Crippen molar-refractivity contribution in [3.05, 3.63) is 40.3 Å². The van der Waals surface area contributed by atoms with Gasteiger partial charge in [0, 0.05) is 24.5 Å². The largest absolute Gasteiger partial charge is 0.334 e. The smallest absolute Gasteiger partial charge is 0.275 e. The van der Waals surface area contributed by atoms with E-state index in [2.05, 4.69) is 23.8 Å². The van der Waals surface area contributed by atoms with Crippen LogP contribution in [-0.4, -0.2) is 33.2 Å². The molecule has 1 aromatic heterocycles. The summed E-state index contributed by atoms with van der Waals surface area (Å²) >= 11 is 0. The van der Waals surface area contributed by atoms with E-state index in [4.69, 9.17) is 0 Å². The number of amides is 1. The van der Waals surface area contributed by atoms with Crippen LogP contribution in [0.2, 0.25) is 0 Å². The molecular weight excluding hydrogens is 338 g/mol. The van der Waals surface area contributed by atoms with E-state index >= 15 is 0 Å². The SMILES string of the molecule is CC(C)Cn1nc(C(=O)N2CCCC3CCCCC32)c2ccccc2c1=O. The number of hydrogen-bond donors (Lipinski definition) is 0. The van der Waals surface area contributed by atoms with Crippen LogP contribution in [0.5, 0.6) is 0 Å². The molecule has 2 heterocycles. The highest BCUT2D eigenvalue weighted by Gasteiger charge is 2.37. The van der Waals surface area contributed by atoms with Crippen LogP contribution in [-0.2, 0) is 6.54 Å². The molecule has 1 aromatic carbocycles. The van der Waals surface area contributed by atoms with Gasteiger partial charge in [0.05, 0.1) is 5.39 Å². The fourth-order valence-corrected chi connectivity index (χ4v) is 4.88. The standard InChI is InChI=1S/C22H29N3O2/c1-15(2)14-25-21(26)18-11-5-4-10-17(18)20(23-25)22(27)24-13-7-9-16-8-3-6-12-19(16)24/h4-5,10-11,15-16,19H,3,6-9,12-14H2,1-2H3. The van der Waals surface area contributed by atoms with Gasteiger partial charge in [0.1, 0.15) is 0 Å². The van der Waals surface area contributed by atoms with E-state index in [0.717, 1.165) is 19.4 Å². The highest BCUT2D eigenvalue weighted by Crippen LogP contribution is 2.36. The maximum absolute atomic E-state index is 13.6. The van der Waals surface area contributed by atoms with E-state index in [1.807, 2.05) is 24.3 Å². The highest BCUT2D eigenvalue weighted by molar-refractivity contribution is 6.04. The number of piperidine rings is 1. The molecule has 4 rings (SSSR count). The van der Waals surface area contributed by atoms with Crippen LogP contribution < -0.4 is 5.56 Å². The Morgan fingerprint density at radius 2 is 1.81 bits per heavy atom. The summed E-state index contributed by atoms with van der Waals surface area (Å²) in [6.45, 7) is 5.44. The molecule has 2 unspecified atom stereocenters. The Balaban J connectivity index is 1.79. The number of carbonyl (C=O) groups excluding carboxylic acids is 1.